The molecule has 4 aromatic rings. The predicted molar refractivity (Wildman–Crippen MR) is 163 cm³/mol. The Morgan fingerprint density at radius 1 is 1.03 bits per heavy atom. The number of aromatic nitrogens is 2. The topological polar surface area (TPSA) is 61.0 Å². The number of fused-ring (bicyclic) bond motifs is 3. The van der Waals surface area contributed by atoms with Crippen LogP contribution in [-0.4, -0.2) is 45.9 Å². The molecule has 2 bridgehead atoms. The van der Waals surface area contributed by atoms with Gasteiger partial charge in [-0.1, -0.05) is 30.2 Å². The van der Waals surface area contributed by atoms with Crippen LogP contribution >= 0.6 is 11.3 Å². The summed E-state index contributed by atoms with van der Waals surface area (Å²) < 4.78 is 0. The minimum atomic E-state index is -0.491. The van der Waals surface area contributed by atoms with E-state index < -0.39 is 5.41 Å². The van der Waals surface area contributed by atoms with E-state index in [0.717, 1.165) is 19.5 Å². The lowest BCUT2D eigenvalue weighted by Crippen LogP contribution is -2.45. The highest BCUT2D eigenvalue weighted by Gasteiger charge is 2.47. The van der Waals surface area contributed by atoms with Gasteiger partial charge in [-0.2, -0.15) is 0 Å². The molecule has 0 radical (unpaired) electrons. The highest BCUT2D eigenvalue weighted by molar-refractivity contribution is 7.19. The molecule has 2 aliphatic rings. The summed E-state index contributed by atoms with van der Waals surface area (Å²) in [5.41, 5.74) is 5.93. The van der Waals surface area contributed by atoms with E-state index in [2.05, 4.69) is 79.1 Å². The maximum absolute atomic E-state index is 13.7. The zero-order chi connectivity index (χ0) is 27.6. The number of thiophene rings is 1. The minimum Gasteiger partial charge on any atom is -0.346 e. The largest absolute Gasteiger partial charge is 0.346 e. The molecule has 1 aromatic carbocycles. The molecule has 5 nitrogen and oxygen atoms in total. The summed E-state index contributed by atoms with van der Waals surface area (Å²) in [5.74, 6) is 0.320. The van der Waals surface area contributed by atoms with Crippen molar-refractivity contribution < 1.29 is 4.79 Å². The van der Waals surface area contributed by atoms with Crippen LogP contribution in [0, 0.1) is 13.8 Å². The third-order valence-electron chi connectivity index (χ3n) is 8.31. The predicted octanol–water partition coefficient (Wildman–Crippen LogP) is 7.18. The first kappa shape index (κ1) is 27.6. The van der Waals surface area contributed by atoms with E-state index in [-0.39, 0.29) is 0 Å². The van der Waals surface area contributed by atoms with Crippen molar-refractivity contribution >= 4 is 27.5 Å². The van der Waals surface area contributed by atoms with Crippen LogP contribution in [0.5, 0.6) is 0 Å². The van der Waals surface area contributed by atoms with E-state index in [9.17, 15) is 4.79 Å². The lowest BCUT2D eigenvalue weighted by atomic mass is 9.88. The summed E-state index contributed by atoms with van der Waals surface area (Å²) in [7, 11) is 0. The monoisotopic (exact) mass is 542 g/mol. The van der Waals surface area contributed by atoms with Gasteiger partial charge in [-0.15, -0.1) is 11.3 Å². The summed E-state index contributed by atoms with van der Waals surface area (Å²) in [6.07, 6.45) is 9.21. The number of carbonyl (C=O) groups excluding carboxylic acids is 1. The van der Waals surface area contributed by atoms with Crippen LogP contribution in [0.3, 0.4) is 0 Å². The van der Waals surface area contributed by atoms with Crippen LogP contribution in [-0.2, 0) is 16.6 Å². The molecule has 0 aliphatic carbocycles. The molecule has 206 valence electrons. The number of nitrogens with one attached hydrogen (secondary N) is 2. The van der Waals surface area contributed by atoms with Crippen molar-refractivity contribution in [1.82, 2.24) is 20.2 Å². The lowest BCUT2D eigenvalue weighted by molar-refractivity contribution is -0.137. The first-order chi connectivity index (χ1) is 18.8. The van der Waals surface area contributed by atoms with Crippen molar-refractivity contribution in [2.75, 3.05) is 13.1 Å². The van der Waals surface area contributed by atoms with E-state index in [1.165, 1.54) is 68.7 Å². The average Bonchev–Trinajstić information content (AvgIpc) is 3.70. The number of pyridine rings is 1. The molecule has 2 N–H and O–H groups in total. The van der Waals surface area contributed by atoms with Crippen LogP contribution in [0.2, 0.25) is 0 Å². The zero-order valence-electron chi connectivity index (χ0n) is 24.0. The van der Waals surface area contributed by atoms with E-state index >= 15 is 0 Å². The van der Waals surface area contributed by atoms with Gasteiger partial charge in [-0.3, -0.25) is 9.78 Å². The molecular formula is C33H42N4OS. The molecule has 0 unspecified atom stereocenters. The molecule has 0 spiro atoms. The second kappa shape index (κ2) is 11.6. The first-order valence-corrected chi connectivity index (χ1v) is 15.2. The zero-order valence-corrected chi connectivity index (χ0v) is 24.8. The van der Waals surface area contributed by atoms with Gasteiger partial charge >= 0.3 is 0 Å². The van der Waals surface area contributed by atoms with Crippen molar-refractivity contribution in [1.29, 1.82) is 0 Å². The van der Waals surface area contributed by atoms with Crippen molar-refractivity contribution in [2.45, 2.75) is 84.2 Å². The van der Waals surface area contributed by atoms with Gasteiger partial charge in [-0.05, 0) is 114 Å². The van der Waals surface area contributed by atoms with E-state index in [1.807, 2.05) is 18.2 Å². The summed E-state index contributed by atoms with van der Waals surface area (Å²) in [5, 5.41) is 4.77. The van der Waals surface area contributed by atoms with Crippen LogP contribution in [0.4, 0.5) is 0 Å². The number of likely N-dealkylation sites (N-methyl/N-ethyl adjacent to an activating group) is 1. The van der Waals surface area contributed by atoms with Crippen LogP contribution in [0.15, 0.2) is 54.9 Å². The van der Waals surface area contributed by atoms with Gasteiger partial charge in [-0.25, -0.2) is 0 Å². The van der Waals surface area contributed by atoms with Crippen molar-refractivity contribution in [2.24, 2.45) is 0 Å². The molecule has 1 amide bonds. The maximum atomic E-state index is 13.7. The molecule has 6 heteroatoms. The normalized spacial score (nSPS) is 18.4. The van der Waals surface area contributed by atoms with Crippen molar-refractivity contribution in [3.63, 3.8) is 0 Å². The number of carbonyl (C=O) groups is 1. The number of H-pyrrole nitrogens is 1. The summed E-state index contributed by atoms with van der Waals surface area (Å²) in [6, 6.07) is 15.7. The molecule has 0 saturated carbocycles. The van der Waals surface area contributed by atoms with Gasteiger partial charge in [0.15, 0.2) is 0 Å². The Labute approximate surface area is 237 Å². The molecule has 39 heavy (non-hydrogen) atoms. The molecular weight excluding hydrogens is 500 g/mol. The number of aryl methyl sites for hydroxylation is 2. The number of aromatic amines is 1. The molecule has 2 aliphatic heterocycles. The smallest absolute Gasteiger partial charge is 0.233 e. The van der Waals surface area contributed by atoms with Crippen LogP contribution < -0.4 is 5.32 Å². The Morgan fingerprint density at radius 3 is 2.21 bits per heavy atom. The molecule has 5 heterocycles. The van der Waals surface area contributed by atoms with Crippen LogP contribution in [0.25, 0.3) is 21.5 Å². The minimum absolute atomic E-state index is 0.320. The molecule has 3 aromatic heterocycles. The summed E-state index contributed by atoms with van der Waals surface area (Å²) in [6.45, 7) is 12.7. The number of rotatable bonds is 7. The number of hydrogen-bond donors (Lipinski definition) is 2. The third-order valence-corrected chi connectivity index (χ3v) is 9.69. The number of nitrogens with zero attached hydrogens (tertiary/aromatic N) is 2. The molecule has 0 atom stereocenters. The lowest BCUT2D eigenvalue weighted by Gasteiger charge is -2.31. The highest BCUT2D eigenvalue weighted by Crippen LogP contribution is 2.44. The number of hydrogen-bond acceptors (Lipinski definition) is 4. The van der Waals surface area contributed by atoms with Gasteiger partial charge in [0.1, 0.15) is 4.83 Å². The Hall–Kier alpha value is -2.96. The Kier molecular flexibility index (Phi) is 8.24. The van der Waals surface area contributed by atoms with E-state index in [0.29, 0.717) is 18.0 Å². The standard InChI is InChI=1S/C28H37N3OS.C5H5N/c1-6-29-12-11-22-23-16-24(28(4,5)27(32)31-20-7-8-21(31)10-9-20)33-26(23)30-25(22)19-14-17(2)13-18(3)15-19;1-2-4-6-5-3-1/h13-16,20-21,29-30H,6-12H2,1-5H3;1-5H. The second-order valence-corrected chi connectivity index (χ2v) is 12.7. The Morgan fingerprint density at radius 2 is 1.67 bits per heavy atom. The fourth-order valence-corrected chi connectivity index (χ4v) is 7.52. The SMILES string of the molecule is CCNCCc1c(-c2cc(C)cc(C)c2)[nH]c2sc(C(C)(C)C(=O)N3C4CCC3CC4)cc12.c1ccncc1. The van der Waals surface area contributed by atoms with Gasteiger partial charge in [0.05, 0.1) is 11.1 Å². The molecule has 6 rings (SSSR count). The fraction of sp³-hybridized carbons (Fsp3) is 0.455. The van der Waals surface area contributed by atoms with Gasteiger partial charge in [0.2, 0.25) is 5.91 Å². The van der Waals surface area contributed by atoms with Crippen molar-refractivity contribution in [3.8, 4) is 11.3 Å². The van der Waals surface area contributed by atoms with Gasteiger partial charge < -0.3 is 15.2 Å². The van der Waals surface area contributed by atoms with E-state index in [4.69, 9.17) is 0 Å². The highest BCUT2D eigenvalue weighted by atomic mass is 32.1. The molecule has 2 fully saturated rings. The van der Waals surface area contributed by atoms with Gasteiger partial charge in [0, 0.05) is 34.7 Å². The Balaban J connectivity index is 0.000000455. The second-order valence-electron chi connectivity index (χ2n) is 11.6. The third kappa shape index (κ3) is 5.68. The quantitative estimate of drug-likeness (QED) is 0.243. The Bertz CT molecular complexity index is 1350. The average molecular weight is 543 g/mol. The summed E-state index contributed by atoms with van der Waals surface area (Å²) in [4.78, 5) is 25.8. The first-order valence-electron chi connectivity index (χ1n) is 14.4. The van der Waals surface area contributed by atoms with E-state index in [1.54, 1.807) is 23.7 Å². The molecule has 2 saturated heterocycles. The number of benzene rings is 1. The maximum Gasteiger partial charge on any atom is 0.233 e. The number of amides is 1. The van der Waals surface area contributed by atoms with Gasteiger partial charge in [0.25, 0.3) is 0 Å². The summed E-state index contributed by atoms with van der Waals surface area (Å²) >= 11 is 1.77. The van der Waals surface area contributed by atoms with Crippen molar-refractivity contribution in [3.05, 3.63) is 76.4 Å². The fourth-order valence-electron chi connectivity index (χ4n) is 6.34. The van der Waals surface area contributed by atoms with Crippen LogP contribution in [0.1, 0.15) is 68.0 Å².